The number of hydrogen-bond donors (Lipinski definition) is 2. The lowest BCUT2D eigenvalue weighted by atomic mass is 9.98. The van der Waals surface area contributed by atoms with Crippen LogP contribution in [0.2, 0.25) is 0 Å². The van der Waals surface area contributed by atoms with E-state index in [1.165, 1.54) is 0 Å². The number of piperidine rings is 1. The number of aryl methyl sites for hydroxylation is 1. The van der Waals surface area contributed by atoms with Gasteiger partial charge in [0, 0.05) is 25.4 Å². The molecule has 3 heterocycles. The zero-order valence-corrected chi connectivity index (χ0v) is 14.1. The lowest BCUT2D eigenvalue weighted by Crippen LogP contribution is -2.46. The number of rotatable bonds is 5. The number of carbonyl (C=O) groups excluding carboxylic acids is 1. The molecule has 2 atom stereocenters. The van der Waals surface area contributed by atoms with Crippen LogP contribution in [0.25, 0.3) is 0 Å². The molecule has 130 valence electrons. The van der Waals surface area contributed by atoms with Gasteiger partial charge in [-0.05, 0) is 38.3 Å². The maximum absolute atomic E-state index is 12.9. The Kier molecular flexibility index (Phi) is 5.20. The molecule has 0 saturated carbocycles. The van der Waals surface area contributed by atoms with Crippen LogP contribution in [0.5, 0.6) is 0 Å². The Morgan fingerprint density at radius 1 is 1.54 bits per heavy atom. The topological polar surface area (TPSA) is 83.4 Å². The number of amides is 2. The third-order valence-corrected chi connectivity index (χ3v) is 4.40. The van der Waals surface area contributed by atoms with Crippen LogP contribution in [0.3, 0.4) is 0 Å². The molecule has 24 heavy (non-hydrogen) atoms. The average molecular weight is 332 g/mol. The van der Waals surface area contributed by atoms with Crippen LogP contribution in [-0.4, -0.2) is 41.4 Å². The van der Waals surface area contributed by atoms with E-state index in [1.54, 1.807) is 13.3 Å². The van der Waals surface area contributed by atoms with Crippen molar-refractivity contribution >= 4 is 6.03 Å². The highest BCUT2D eigenvalue weighted by atomic mass is 16.5. The number of urea groups is 1. The summed E-state index contributed by atoms with van der Waals surface area (Å²) in [7, 11) is 1.62. The predicted molar refractivity (Wildman–Crippen MR) is 88.5 cm³/mol. The fraction of sp³-hybridized carbons (Fsp3) is 0.529. The highest BCUT2D eigenvalue weighted by Gasteiger charge is 2.30. The molecule has 0 aliphatic carbocycles. The molecule has 0 aromatic carbocycles. The van der Waals surface area contributed by atoms with E-state index in [1.807, 2.05) is 30.2 Å². The maximum Gasteiger partial charge on any atom is 0.318 e. The number of nitrogens with one attached hydrogen (secondary N) is 2. The van der Waals surface area contributed by atoms with Crippen LogP contribution in [0, 0.1) is 6.92 Å². The Labute approximate surface area is 141 Å². The molecule has 1 fully saturated rings. The number of hydrogen-bond acceptors (Lipinski definition) is 4. The van der Waals surface area contributed by atoms with Crippen LogP contribution in [0.4, 0.5) is 4.79 Å². The number of nitrogens with zero attached hydrogens (tertiary/aromatic N) is 2. The smallest absolute Gasteiger partial charge is 0.318 e. The number of H-pyrrole nitrogens is 1. The monoisotopic (exact) mass is 332 g/mol. The fourth-order valence-corrected chi connectivity index (χ4v) is 3.20. The van der Waals surface area contributed by atoms with Crippen LogP contribution in [0.1, 0.15) is 48.4 Å². The minimum atomic E-state index is -0.303. The molecular formula is C17H24N4O3. The molecule has 0 bridgehead atoms. The van der Waals surface area contributed by atoms with Gasteiger partial charge in [0.05, 0.1) is 18.8 Å². The van der Waals surface area contributed by atoms with Crippen LogP contribution in [0.15, 0.2) is 28.9 Å². The van der Waals surface area contributed by atoms with E-state index in [-0.39, 0.29) is 18.1 Å². The second-order valence-electron chi connectivity index (χ2n) is 6.14. The Balaban J connectivity index is 1.73. The molecule has 7 heteroatoms. The summed E-state index contributed by atoms with van der Waals surface area (Å²) in [5.41, 5.74) is 1.04. The highest BCUT2D eigenvalue weighted by molar-refractivity contribution is 5.75. The van der Waals surface area contributed by atoms with E-state index in [9.17, 15) is 4.79 Å². The largest absolute Gasteiger partial charge is 0.464 e. The SMILES string of the molecule is COC[C@@H](NC(=O)N1CCCC[C@H]1c1cn[nH]c1)c1ccc(C)o1. The second-order valence-corrected chi connectivity index (χ2v) is 6.14. The van der Waals surface area contributed by atoms with Crippen molar-refractivity contribution in [1.29, 1.82) is 0 Å². The lowest BCUT2D eigenvalue weighted by Gasteiger charge is -2.36. The molecule has 0 spiro atoms. The van der Waals surface area contributed by atoms with Crippen LogP contribution >= 0.6 is 0 Å². The zero-order valence-electron chi connectivity index (χ0n) is 14.1. The summed E-state index contributed by atoms with van der Waals surface area (Å²) in [6.07, 6.45) is 6.72. The summed E-state index contributed by atoms with van der Waals surface area (Å²) in [4.78, 5) is 14.7. The Morgan fingerprint density at radius 3 is 3.08 bits per heavy atom. The molecule has 0 radical (unpaired) electrons. The molecule has 3 rings (SSSR count). The normalized spacial score (nSPS) is 19.2. The van der Waals surface area contributed by atoms with E-state index >= 15 is 0 Å². The molecule has 1 aliphatic rings. The number of carbonyl (C=O) groups is 1. The Hall–Kier alpha value is -2.28. The fourth-order valence-electron chi connectivity index (χ4n) is 3.20. The van der Waals surface area contributed by atoms with Crippen molar-refractivity contribution in [3.63, 3.8) is 0 Å². The van der Waals surface area contributed by atoms with Crippen LogP contribution in [-0.2, 0) is 4.74 Å². The quantitative estimate of drug-likeness (QED) is 0.882. The van der Waals surface area contributed by atoms with Crippen molar-refractivity contribution in [1.82, 2.24) is 20.4 Å². The molecule has 0 unspecified atom stereocenters. The van der Waals surface area contributed by atoms with Gasteiger partial charge in [0.2, 0.25) is 0 Å². The predicted octanol–water partition coefficient (Wildman–Crippen LogP) is 2.94. The van der Waals surface area contributed by atoms with E-state index in [0.29, 0.717) is 12.4 Å². The molecule has 1 saturated heterocycles. The molecule has 7 nitrogen and oxygen atoms in total. The first-order valence-electron chi connectivity index (χ1n) is 8.30. The minimum absolute atomic E-state index is 0.0547. The second kappa shape index (κ2) is 7.53. The average Bonchev–Trinajstić information content (AvgIpc) is 3.26. The Morgan fingerprint density at radius 2 is 2.42 bits per heavy atom. The van der Waals surface area contributed by atoms with Gasteiger partial charge in [-0.3, -0.25) is 5.10 Å². The number of methoxy groups -OCH3 is 1. The standard InChI is InChI=1S/C17H24N4O3/c1-12-6-7-16(24-12)14(11-23-2)20-17(22)21-8-4-3-5-15(21)13-9-18-19-10-13/h6-7,9-10,14-15H,3-5,8,11H2,1-2H3,(H,18,19)(H,20,22)/t14-,15+/m1/s1. The summed E-state index contributed by atoms with van der Waals surface area (Å²) in [6.45, 7) is 2.98. The first-order valence-corrected chi connectivity index (χ1v) is 8.30. The van der Waals surface area contributed by atoms with Gasteiger partial charge in [-0.25, -0.2) is 4.79 Å². The van der Waals surface area contributed by atoms with E-state index in [0.717, 1.165) is 37.1 Å². The van der Waals surface area contributed by atoms with Gasteiger partial charge < -0.3 is 19.4 Å². The molecule has 2 aromatic heterocycles. The van der Waals surface area contributed by atoms with Crippen molar-refractivity contribution in [3.05, 3.63) is 41.6 Å². The molecule has 2 aromatic rings. The number of furan rings is 1. The molecule has 2 N–H and O–H groups in total. The minimum Gasteiger partial charge on any atom is -0.464 e. The van der Waals surface area contributed by atoms with Gasteiger partial charge in [-0.1, -0.05) is 0 Å². The van der Waals surface area contributed by atoms with Gasteiger partial charge in [-0.2, -0.15) is 5.10 Å². The maximum atomic E-state index is 12.9. The van der Waals surface area contributed by atoms with Crippen molar-refractivity contribution in [2.45, 2.75) is 38.3 Å². The summed E-state index contributed by atoms with van der Waals surface area (Å²) in [5, 5.41) is 9.89. The van der Waals surface area contributed by atoms with E-state index in [4.69, 9.17) is 9.15 Å². The number of likely N-dealkylation sites (tertiary alicyclic amines) is 1. The zero-order chi connectivity index (χ0) is 16.9. The van der Waals surface area contributed by atoms with E-state index in [2.05, 4.69) is 15.5 Å². The third kappa shape index (κ3) is 3.62. The van der Waals surface area contributed by atoms with Crippen molar-refractivity contribution in [3.8, 4) is 0 Å². The van der Waals surface area contributed by atoms with Crippen molar-refractivity contribution in [2.75, 3.05) is 20.3 Å². The van der Waals surface area contributed by atoms with Gasteiger partial charge in [-0.15, -0.1) is 0 Å². The Bertz CT molecular complexity index is 653. The van der Waals surface area contributed by atoms with Gasteiger partial charge >= 0.3 is 6.03 Å². The summed E-state index contributed by atoms with van der Waals surface area (Å²) in [5.74, 6) is 1.52. The first kappa shape index (κ1) is 16.6. The van der Waals surface area contributed by atoms with Gasteiger partial charge in [0.1, 0.15) is 17.6 Å². The molecular weight excluding hydrogens is 308 g/mol. The molecule has 1 aliphatic heterocycles. The highest BCUT2D eigenvalue weighted by Crippen LogP contribution is 2.30. The summed E-state index contributed by atoms with van der Waals surface area (Å²) in [6, 6.07) is 3.42. The molecule has 2 amide bonds. The summed E-state index contributed by atoms with van der Waals surface area (Å²) >= 11 is 0. The number of aromatic amines is 1. The number of ether oxygens (including phenoxy) is 1. The first-order chi connectivity index (χ1) is 11.7. The third-order valence-electron chi connectivity index (χ3n) is 4.40. The van der Waals surface area contributed by atoms with Gasteiger partial charge in [0.25, 0.3) is 0 Å². The van der Waals surface area contributed by atoms with Crippen molar-refractivity contribution in [2.24, 2.45) is 0 Å². The van der Waals surface area contributed by atoms with Crippen LogP contribution < -0.4 is 5.32 Å². The number of aromatic nitrogens is 2. The van der Waals surface area contributed by atoms with Crippen molar-refractivity contribution < 1.29 is 13.9 Å². The lowest BCUT2D eigenvalue weighted by molar-refractivity contribution is 0.127. The summed E-state index contributed by atoms with van der Waals surface area (Å²) < 4.78 is 10.9. The van der Waals surface area contributed by atoms with E-state index < -0.39 is 0 Å². The van der Waals surface area contributed by atoms with Gasteiger partial charge in [0.15, 0.2) is 0 Å².